The van der Waals surface area contributed by atoms with Crippen molar-refractivity contribution >= 4 is 11.8 Å². The molecule has 2 N–H and O–H groups in total. The summed E-state index contributed by atoms with van der Waals surface area (Å²) in [7, 11) is 0. The Bertz CT molecular complexity index is 948. The molecule has 1 saturated carbocycles. The lowest BCUT2D eigenvalue weighted by Gasteiger charge is -2.34. The molecule has 1 atom stereocenters. The molecular formula is C22H28F5N5O2. The van der Waals surface area contributed by atoms with Gasteiger partial charge in [0.05, 0.1) is 18.8 Å². The molecule has 0 radical (unpaired) electrons. The first-order valence-electron chi connectivity index (χ1n) is 11.6. The van der Waals surface area contributed by atoms with Crippen LogP contribution in [0, 0.1) is 0 Å². The Hall–Kier alpha value is -2.37. The number of likely N-dealkylation sites (tertiary alicyclic amines) is 1. The van der Waals surface area contributed by atoms with Crippen molar-refractivity contribution in [2.75, 3.05) is 19.6 Å². The van der Waals surface area contributed by atoms with E-state index in [1.165, 1.54) is 4.90 Å². The number of nitrogens with two attached hydrogens (primary N) is 1. The van der Waals surface area contributed by atoms with Crippen molar-refractivity contribution in [1.82, 2.24) is 19.8 Å². The van der Waals surface area contributed by atoms with E-state index in [2.05, 4.69) is 9.97 Å². The molecule has 1 aromatic heterocycles. The van der Waals surface area contributed by atoms with Crippen molar-refractivity contribution in [2.45, 2.75) is 82.0 Å². The summed E-state index contributed by atoms with van der Waals surface area (Å²) in [6.07, 6.45) is -2.33. The van der Waals surface area contributed by atoms with Gasteiger partial charge in [-0.05, 0) is 19.3 Å². The first-order chi connectivity index (χ1) is 15.9. The molecule has 12 heteroatoms. The van der Waals surface area contributed by atoms with Gasteiger partial charge >= 0.3 is 6.18 Å². The number of carbonyl (C=O) groups is 2. The third-order valence-electron chi connectivity index (χ3n) is 6.80. The molecular weight excluding hydrogens is 461 g/mol. The maximum absolute atomic E-state index is 13.7. The van der Waals surface area contributed by atoms with E-state index >= 15 is 0 Å². The number of amides is 2. The maximum Gasteiger partial charge on any atom is 0.433 e. The minimum absolute atomic E-state index is 0.0174. The van der Waals surface area contributed by atoms with Gasteiger partial charge in [0.1, 0.15) is 5.82 Å². The van der Waals surface area contributed by atoms with Gasteiger partial charge in [-0.3, -0.25) is 9.59 Å². The Labute approximate surface area is 193 Å². The molecule has 188 valence electrons. The summed E-state index contributed by atoms with van der Waals surface area (Å²) in [5.74, 6) is -3.77. The Balaban J connectivity index is 1.45. The molecule has 3 heterocycles. The third-order valence-corrected chi connectivity index (χ3v) is 6.80. The van der Waals surface area contributed by atoms with Crippen LogP contribution in [0.25, 0.3) is 0 Å². The zero-order chi connectivity index (χ0) is 24.7. The van der Waals surface area contributed by atoms with Crippen LogP contribution in [0.15, 0.2) is 0 Å². The number of nitrogens with zero attached hydrogens (tertiary/aromatic N) is 4. The summed E-state index contributed by atoms with van der Waals surface area (Å²) in [6, 6.07) is -0.864. The lowest BCUT2D eigenvalue weighted by Crippen LogP contribution is -2.51. The molecule has 2 aliphatic heterocycles. The van der Waals surface area contributed by atoms with Crippen LogP contribution in [0.1, 0.15) is 73.6 Å². The number of carbonyl (C=O) groups excluding carboxylic acids is 2. The number of alkyl halides is 5. The van der Waals surface area contributed by atoms with Gasteiger partial charge in [-0.15, -0.1) is 0 Å². The summed E-state index contributed by atoms with van der Waals surface area (Å²) in [5, 5.41) is 0. The van der Waals surface area contributed by atoms with E-state index in [1.54, 1.807) is 0 Å². The number of rotatable bonds is 5. The Morgan fingerprint density at radius 1 is 1.18 bits per heavy atom. The lowest BCUT2D eigenvalue weighted by atomic mass is 9.99. The average molecular weight is 489 g/mol. The number of piperidine rings is 1. The standard InChI is InChI=1S/C22H28F5N5O2/c23-21(24)7-5-17(33)32(12-21)10-14(28)9-18(34)31-8-6-15-16(11-31)29-20(13-3-1-2-4-13)30-19(15)22(25,26)27/h13-14H,1-12,28H2/t14-/m0/s1. The van der Waals surface area contributed by atoms with Crippen LogP contribution >= 0.6 is 0 Å². The maximum atomic E-state index is 13.7. The van der Waals surface area contributed by atoms with Crippen LogP contribution in [-0.4, -0.2) is 63.2 Å². The predicted octanol–water partition coefficient (Wildman–Crippen LogP) is 3.01. The van der Waals surface area contributed by atoms with Gasteiger partial charge in [0.25, 0.3) is 5.92 Å². The fourth-order valence-corrected chi connectivity index (χ4v) is 5.03. The molecule has 1 aliphatic carbocycles. The van der Waals surface area contributed by atoms with Crippen molar-refractivity contribution in [3.8, 4) is 0 Å². The van der Waals surface area contributed by atoms with Crippen molar-refractivity contribution in [3.05, 3.63) is 22.8 Å². The van der Waals surface area contributed by atoms with Crippen molar-refractivity contribution in [2.24, 2.45) is 5.73 Å². The smallest absolute Gasteiger partial charge is 0.336 e. The zero-order valence-electron chi connectivity index (χ0n) is 18.7. The molecule has 0 bridgehead atoms. The summed E-state index contributed by atoms with van der Waals surface area (Å²) >= 11 is 0. The second kappa shape index (κ2) is 9.35. The zero-order valence-corrected chi connectivity index (χ0v) is 18.7. The largest absolute Gasteiger partial charge is 0.433 e. The SMILES string of the molecule is N[C@@H](CC(=O)N1CCc2c(nc(C3CCCC3)nc2C(F)(F)F)C1)CN1CC(F)(F)CCC1=O. The molecule has 1 saturated heterocycles. The highest BCUT2D eigenvalue weighted by atomic mass is 19.4. The van der Waals surface area contributed by atoms with Gasteiger partial charge in [0, 0.05) is 49.9 Å². The van der Waals surface area contributed by atoms with Gasteiger partial charge < -0.3 is 15.5 Å². The molecule has 4 rings (SSSR count). The van der Waals surface area contributed by atoms with Crippen LogP contribution in [0.3, 0.4) is 0 Å². The molecule has 0 unspecified atom stereocenters. The minimum atomic E-state index is -4.61. The second-order valence-electron chi connectivity index (χ2n) is 9.49. The van der Waals surface area contributed by atoms with Gasteiger partial charge in [0.2, 0.25) is 11.8 Å². The van der Waals surface area contributed by atoms with E-state index in [0.29, 0.717) is 0 Å². The van der Waals surface area contributed by atoms with Crippen LogP contribution in [-0.2, 0) is 28.7 Å². The van der Waals surface area contributed by atoms with E-state index in [4.69, 9.17) is 5.73 Å². The highest BCUT2D eigenvalue weighted by Crippen LogP contribution is 2.38. The summed E-state index contributed by atoms with van der Waals surface area (Å²) < 4.78 is 68.4. The summed E-state index contributed by atoms with van der Waals surface area (Å²) in [6.45, 7) is -0.954. The molecule has 3 aliphatic rings. The first kappa shape index (κ1) is 24.7. The van der Waals surface area contributed by atoms with Crippen LogP contribution in [0.5, 0.6) is 0 Å². The van der Waals surface area contributed by atoms with Gasteiger partial charge in [0.15, 0.2) is 5.69 Å². The van der Waals surface area contributed by atoms with Crippen LogP contribution < -0.4 is 5.73 Å². The van der Waals surface area contributed by atoms with E-state index in [-0.39, 0.29) is 61.9 Å². The van der Waals surface area contributed by atoms with E-state index in [0.717, 1.165) is 30.6 Å². The fourth-order valence-electron chi connectivity index (χ4n) is 5.03. The summed E-state index contributed by atoms with van der Waals surface area (Å²) in [5.41, 5.74) is 5.28. The van der Waals surface area contributed by atoms with Crippen molar-refractivity contribution in [3.63, 3.8) is 0 Å². The van der Waals surface area contributed by atoms with Gasteiger partial charge in [-0.1, -0.05) is 12.8 Å². The molecule has 0 spiro atoms. The lowest BCUT2D eigenvalue weighted by molar-refractivity contribution is -0.148. The highest BCUT2D eigenvalue weighted by Gasteiger charge is 2.41. The molecule has 2 fully saturated rings. The number of fused-ring (bicyclic) bond motifs is 1. The van der Waals surface area contributed by atoms with E-state index in [1.807, 2.05) is 0 Å². The fraction of sp³-hybridized carbons (Fsp3) is 0.727. The van der Waals surface area contributed by atoms with E-state index < -0.39 is 48.6 Å². The quantitative estimate of drug-likeness (QED) is 0.642. The first-order valence-corrected chi connectivity index (χ1v) is 11.6. The molecule has 2 amide bonds. The molecule has 1 aromatic rings. The van der Waals surface area contributed by atoms with Crippen molar-refractivity contribution < 1.29 is 31.5 Å². The second-order valence-corrected chi connectivity index (χ2v) is 9.49. The Morgan fingerprint density at radius 2 is 1.88 bits per heavy atom. The normalized spacial score (nSPS) is 22.1. The highest BCUT2D eigenvalue weighted by molar-refractivity contribution is 5.78. The third kappa shape index (κ3) is 5.47. The number of aromatic nitrogens is 2. The Morgan fingerprint density at radius 3 is 2.56 bits per heavy atom. The molecule has 34 heavy (non-hydrogen) atoms. The van der Waals surface area contributed by atoms with Crippen LogP contribution in [0.2, 0.25) is 0 Å². The minimum Gasteiger partial charge on any atom is -0.336 e. The number of hydrogen-bond donors (Lipinski definition) is 1. The number of halogens is 5. The molecule has 0 aromatic carbocycles. The summed E-state index contributed by atoms with van der Waals surface area (Å²) in [4.78, 5) is 35.4. The average Bonchev–Trinajstić information content (AvgIpc) is 3.29. The van der Waals surface area contributed by atoms with E-state index in [9.17, 15) is 31.5 Å². The van der Waals surface area contributed by atoms with Crippen molar-refractivity contribution in [1.29, 1.82) is 0 Å². The Kier molecular flexibility index (Phi) is 6.80. The topological polar surface area (TPSA) is 92.4 Å². The van der Waals surface area contributed by atoms with Crippen LogP contribution in [0.4, 0.5) is 22.0 Å². The van der Waals surface area contributed by atoms with Gasteiger partial charge in [-0.25, -0.2) is 18.7 Å². The monoisotopic (exact) mass is 489 g/mol. The number of hydrogen-bond acceptors (Lipinski definition) is 5. The predicted molar refractivity (Wildman–Crippen MR) is 111 cm³/mol. The van der Waals surface area contributed by atoms with Gasteiger partial charge in [-0.2, -0.15) is 13.2 Å². The molecule has 7 nitrogen and oxygen atoms in total.